The van der Waals surface area contributed by atoms with Crippen molar-refractivity contribution in [3.8, 4) is 0 Å². The van der Waals surface area contributed by atoms with Crippen molar-refractivity contribution in [1.29, 1.82) is 0 Å². The fourth-order valence-electron chi connectivity index (χ4n) is 3.35. The van der Waals surface area contributed by atoms with Crippen molar-refractivity contribution in [3.05, 3.63) is 29.8 Å². The fourth-order valence-corrected chi connectivity index (χ4v) is 4.85. The molecule has 1 fully saturated rings. The van der Waals surface area contributed by atoms with Crippen LogP contribution in [0.5, 0.6) is 0 Å². The predicted octanol–water partition coefficient (Wildman–Crippen LogP) is 2.23. The van der Waals surface area contributed by atoms with Gasteiger partial charge in [-0.15, -0.1) is 0 Å². The van der Waals surface area contributed by atoms with Gasteiger partial charge in [0, 0.05) is 18.7 Å². The van der Waals surface area contributed by atoms with Crippen LogP contribution in [0.4, 0.5) is 0 Å². The van der Waals surface area contributed by atoms with E-state index >= 15 is 0 Å². The Labute approximate surface area is 154 Å². The zero-order chi connectivity index (χ0) is 19.4. The maximum Gasteiger partial charge on any atom is 0.329 e. The van der Waals surface area contributed by atoms with Crippen molar-refractivity contribution in [1.82, 2.24) is 9.62 Å². The van der Waals surface area contributed by atoms with Gasteiger partial charge in [0.2, 0.25) is 10.0 Å². The van der Waals surface area contributed by atoms with Crippen molar-refractivity contribution < 1.29 is 23.1 Å². The molecule has 0 heterocycles. The first kappa shape index (κ1) is 20.4. The number of hydrogen-bond acceptors (Lipinski definition) is 4. The minimum Gasteiger partial charge on any atom is -0.480 e. The second-order valence-electron chi connectivity index (χ2n) is 6.52. The second kappa shape index (κ2) is 8.18. The van der Waals surface area contributed by atoms with E-state index in [1.807, 2.05) is 0 Å². The second-order valence-corrected chi connectivity index (χ2v) is 8.46. The van der Waals surface area contributed by atoms with Gasteiger partial charge in [-0.2, -0.15) is 4.31 Å². The number of sulfonamides is 1. The number of amides is 1. The largest absolute Gasteiger partial charge is 0.480 e. The van der Waals surface area contributed by atoms with Crippen molar-refractivity contribution in [3.63, 3.8) is 0 Å². The van der Waals surface area contributed by atoms with Crippen LogP contribution in [0, 0.1) is 0 Å². The molecule has 0 atom stereocenters. The van der Waals surface area contributed by atoms with E-state index in [-0.39, 0.29) is 10.5 Å². The summed E-state index contributed by atoms with van der Waals surface area (Å²) in [5, 5.41) is 12.2. The highest BCUT2D eigenvalue weighted by Gasteiger charge is 2.41. The van der Waals surface area contributed by atoms with E-state index in [4.69, 9.17) is 0 Å². The number of hydrogen-bond donors (Lipinski definition) is 2. The van der Waals surface area contributed by atoms with E-state index in [2.05, 4.69) is 5.32 Å². The molecule has 1 aromatic carbocycles. The van der Waals surface area contributed by atoms with Crippen molar-refractivity contribution in [2.45, 2.75) is 56.4 Å². The number of nitrogens with one attached hydrogen (secondary N) is 1. The predicted molar refractivity (Wildman–Crippen MR) is 97.5 cm³/mol. The summed E-state index contributed by atoms with van der Waals surface area (Å²) in [4.78, 5) is 24.4. The van der Waals surface area contributed by atoms with E-state index in [1.165, 1.54) is 28.6 Å². The molecule has 26 heavy (non-hydrogen) atoms. The molecular formula is C18H26N2O5S. The molecule has 0 aromatic heterocycles. The number of carbonyl (C=O) groups excluding carboxylic acids is 1. The van der Waals surface area contributed by atoms with Gasteiger partial charge in [0.15, 0.2) is 0 Å². The van der Waals surface area contributed by atoms with Crippen LogP contribution >= 0.6 is 0 Å². The summed E-state index contributed by atoms with van der Waals surface area (Å²) in [5.74, 6) is -1.61. The van der Waals surface area contributed by atoms with Crippen LogP contribution in [0.3, 0.4) is 0 Å². The zero-order valence-electron chi connectivity index (χ0n) is 15.2. The Balaban J connectivity index is 2.29. The third-order valence-corrected chi connectivity index (χ3v) is 6.95. The summed E-state index contributed by atoms with van der Waals surface area (Å²) in [5.41, 5.74) is -1.13. The Kier molecular flexibility index (Phi) is 6.41. The molecule has 0 spiro atoms. The number of carboxylic acids is 1. The number of carbonyl (C=O) groups is 2. The third-order valence-electron chi connectivity index (χ3n) is 4.91. The smallest absolute Gasteiger partial charge is 0.329 e. The summed E-state index contributed by atoms with van der Waals surface area (Å²) in [6, 6.07) is 5.74. The number of nitrogens with zero attached hydrogens (tertiary/aromatic N) is 1. The maximum absolute atomic E-state index is 12.6. The molecule has 1 saturated carbocycles. The molecule has 1 aliphatic carbocycles. The Hall–Kier alpha value is -1.93. The highest BCUT2D eigenvalue weighted by molar-refractivity contribution is 7.89. The zero-order valence-corrected chi connectivity index (χ0v) is 16.0. The van der Waals surface area contributed by atoms with Crippen molar-refractivity contribution in [2.75, 3.05) is 13.1 Å². The average molecular weight is 382 g/mol. The van der Waals surface area contributed by atoms with Gasteiger partial charge in [-0.3, -0.25) is 4.79 Å². The monoisotopic (exact) mass is 382 g/mol. The van der Waals surface area contributed by atoms with Crippen molar-refractivity contribution >= 4 is 21.9 Å². The molecule has 0 unspecified atom stereocenters. The summed E-state index contributed by atoms with van der Waals surface area (Å²) in [7, 11) is -3.68. The quantitative estimate of drug-likeness (QED) is 0.753. The van der Waals surface area contributed by atoms with Crippen LogP contribution in [0.1, 0.15) is 56.3 Å². The lowest BCUT2D eigenvalue weighted by Gasteiger charge is -2.34. The number of aliphatic carboxylic acids is 1. The summed E-state index contributed by atoms with van der Waals surface area (Å²) < 4.78 is 26.6. The molecule has 0 saturated heterocycles. The molecule has 7 nitrogen and oxygen atoms in total. The van der Waals surface area contributed by atoms with Gasteiger partial charge in [-0.05, 0) is 31.0 Å². The molecule has 1 aromatic rings. The van der Waals surface area contributed by atoms with E-state index in [0.29, 0.717) is 25.9 Å². The fraction of sp³-hybridized carbons (Fsp3) is 0.556. The first-order chi connectivity index (χ1) is 12.3. The molecule has 0 aliphatic heterocycles. The SMILES string of the molecule is CCN(CC)S(=O)(=O)c1cccc(C(=O)NC2(C(=O)O)CCCCC2)c1. The molecular weight excluding hydrogens is 356 g/mol. The topological polar surface area (TPSA) is 104 Å². The lowest BCUT2D eigenvalue weighted by molar-refractivity contribution is -0.145. The van der Waals surface area contributed by atoms with E-state index in [1.54, 1.807) is 13.8 Å². The van der Waals surface area contributed by atoms with E-state index < -0.39 is 27.4 Å². The van der Waals surface area contributed by atoms with Crippen molar-refractivity contribution in [2.24, 2.45) is 0 Å². The molecule has 0 radical (unpaired) electrons. The van der Waals surface area contributed by atoms with Crippen LogP contribution in [-0.4, -0.2) is 48.3 Å². The Morgan fingerprint density at radius 3 is 2.31 bits per heavy atom. The lowest BCUT2D eigenvalue weighted by Crippen LogP contribution is -2.55. The summed E-state index contributed by atoms with van der Waals surface area (Å²) >= 11 is 0. The lowest BCUT2D eigenvalue weighted by atomic mass is 9.81. The average Bonchev–Trinajstić information content (AvgIpc) is 2.63. The molecule has 144 valence electrons. The van der Waals surface area contributed by atoms with Gasteiger partial charge in [0.05, 0.1) is 4.90 Å². The van der Waals surface area contributed by atoms with Crippen LogP contribution in [0.2, 0.25) is 0 Å². The number of benzene rings is 1. The van der Waals surface area contributed by atoms with Crippen LogP contribution < -0.4 is 5.32 Å². The van der Waals surface area contributed by atoms with Gasteiger partial charge in [-0.25, -0.2) is 13.2 Å². The third kappa shape index (κ3) is 4.07. The molecule has 0 bridgehead atoms. The standard InChI is InChI=1S/C18H26N2O5S/c1-3-20(4-2)26(24,25)15-10-8-9-14(13-15)16(21)19-18(17(22)23)11-6-5-7-12-18/h8-10,13H,3-7,11-12H2,1-2H3,(H,19,21)(H,22,23). The molecule has 2 rings (SSSR count). The Bertz CT molecular complexity index is 766. The summed E-state index contributed by atoms with van der Waals surface area (Å²) in [6.45, 7) is 4.16. The van der Waals surface area contributed by atoms with Crippen LogP contribution in [-0.2, 0) is 14.8 Å². The van der Waals surface area contributed by atoms with Gasteiger partial charge in [0.1, 0.15) is 5.54 Å². The van der Waals surface area contributed by atoms with Crippen LogP contribution in [0.25, 0.3) is 0 Å². The van der Waals surface area contributed by atoms with Gasteiger partial charge >= 0.3 is 5.97 Å². The molecule has 1 aliphatic rings. The normalized spacial score (nSPS) is 17.0. The van der Waals surface area contributed by atoms with E-state index in [9.17, 15) is 23.1 Å². The van der Waals surface area contributed by atoms with Crippen LogP contribution in [0.15, 0.2) is 29.2 Å². The minimum atomic E-state index is -3.68. The number of rotatable bonds is 7. The highest BCUT2D eigenvalue weighted by atomic mass is 32.2. The number of carboxylic acid groups (broad SMARTS) is 1. The molecule has 8 heteroatoms. The van der Waals surface area contributed by atoms with E-state index in [0.717, 1.165) is 19.3 Å². The minimum absolute atomic E-state index is 0.0295. The van der Waals surface area contributed by atoms with Gasteiger partial charge < -0.3 is 10.4 Å². The van der Waals surface area contributed by atoms with Gasteiger partial charge in [0.25, 0.3) is 5.91 Å². The first-order valence-electron chi connectivity index (χ1n) is 8.93. The Morgan fingerprint density at radius 1 is 1.15 bits per heavy atom. The summed E-state index contributed by atoms with van der Waals surface area (Å²) in [6.07, 6.45) is 3.19. The first-order valence-corrected chi connectivity index (χ1v) is 10.4. The molecule has 2 N–H and O–H groups in total. The van der Waals surface area contributed by atoms with Gasteiger partial charge in [-0.1, -0.05) is 39.2 Å². The maximum atomic E-state index is 12.6. The highest BCUT2D eigenvalue weighted by Crippen LogP contribution is 2.29. The Morgan fingerprint density at radius 2 is 1.77 bits per heavy atom. The molecule has 1 amide bonds.